The fourth-order valence-electron chi connectivity index (χ4n) is 4.13. The molecule has 0 bridgehead atoms. The molecule has 5 aromatic rings. The lowest BCUT2D eigenvalue weighted by Crippen LogP contribution is -1.94. The van der Waals surface area contributed by atoms with E-state index in [2.05, 4.69) is 109 Å². The molecule has 2 heteroatoms. The molecule has 0 saturated carbocycles. The number of aryl methyl sites for hydroxylation is 2. The predicted molar refractivity (Wildman–Crippen MR) is 146 cm³/mol. The predicted octanol–water partition coefficient (Wildman–Crippen LogP) is 9.12. The van der Waals surface area contributed by atoms with E-state index in [1.807, 2.05) is 36.4 Å². The summed E-state index contributed by atoms with van der Waals surface area (Å²) >= 11 is 0. The van der Waals surface area contributed by atoms with E-state index in [0.717, 1.165) is 22.7 Å². The third-order valence-electron chi connectivity index (χ3n) is 6.16. The molecule has 0 amide bonds. The largest absolute Gasteiger partial charge is 0.356 e. The summed E-state index contributed by atoms with van der Waals surface area (Å²) in [4.78, 5) is 0. The Kier molecular flexibility index (Phi) is 6.13. The van der Waals surface area contributed by atoms with Crippen LogP contribution in [-0.2, 0) is 0 Å². The molecule has 0 fully saturated rings. The molecule has 0 spiro atoms. The summed E-state index contributed by atoms with van der Waals surface area (Å²) in [6.07, 6.45) is 0. The van der Waals surface area contributed by atoms with Crippen LogP contribution in [0.3, 0.4) is 0 Å². The van der Waals surface area contributed by atoms with Crippen molar-refractivity contribution >= 4 is 22.7 Å². The van der Waals surface area contributed by atoms with Gasteiger partial charge >= 0.3 is 0 Å². The molecule has 0 radical (unpaired) electrons. The van der Waals surface area contributed by atoms with Crippen molar-refractivity contribution in [1.82, 2.24) is 0 Å². The average molecular weight is 441 g/mol. The number of para-hydroxylation sites is 2. The highest BCUT2D eigenvalue weighted by atomic mass is 14.9. The van der Waals surface area contributed by atoms with Crippen LogP contribution in [0.5, 0.6) is 0 Å². The van der Waals surface area contributed by atoms with Crippen LogP contribution in [-0.4, -0.2) is 0 Å². The lowest BCUT2D eigenvalue weighted by atomic mass is 9.92. The molecule has 0 atom stereocenters. The van der Waals surface area contributed by atoms with E-state index >= 15 is 0 Å². The lowest BCUT2D eigenvalue weighted by molar-refractivity contribution is 1.34. The van der Waals surface area contributed by atoms with Gasteiger partial charge in [-0.2, -0.15) is 0 Å². The molecule has 0 aliphatic rings. The van der Waals surface area contributed by atoms with E-state index in [-0.39, 0.29) is 0 Å². The Hall–Kier alpha value is -4.30. The smallest absolute Gasteiger partial charge is 0.0390 e. The molecule has 0 aliphatic carbocycles. The van der Waals surface area contributed by atoms with Crippen molar-refractivity contribution in [2.24, 2.45) is 0 Å². The zero-order chi connectivity index (χ0) is 23.3. The van der Waals surface area contributed by atoms with Crippen LogP contribution >= 0.6 is 0 Å². The van der Waals surface area contributed by atoms with Crippen molar-refractivity contribution in [2.45, 2.75) is 13.8 Å². The quantitative estimate of drug-likeness (QED) is 0.275. The topological polar surface area (TPSA) is 24.1 Å². The van der Waals surface area contributed by atoms with Crippen molar-refractivity contribution in [1.29, 1.82) is 0 Å². The van der Waals surface area contributed by atoms with Crippen LogP contribution in [0.2, 0.25) is 0 Å². The molecule has 0 unspecified atom stereocenters. The van der Waals surface area contributed by atoms with E-state index in [0.29, 0.717) is 0 Å². The molecule has 166 valence electrons. The number of rotatable bonds is 6. The van der Waals surface area contributed by atoms with Gasteiger partial charge in [0.25, 0.3) is 0 Å². The Morgan fingerprint density at radius 3 is 1.53 bits per heavy atom. The zero-order valence-corrected chi connectivity index (χ0v) is 19.5. The van der Waals surface area contributed by atoms with Gasteiger partial charge in [-0.05, 0) is 95.8 Å². The summed E-state index contributed by atoms with van der Waals surface area (Å²) < 4.78 is 0. The molecule has 5 rings (SSSR count). The number of benzene rings is 5. The monoisotopic (exact) mass is 440 g/mol. The molecule has 0 aromatic heterocycles. The van der Waals surface area contributed by atoms with Gasteiger partial charge in [-0.1, -0.05) is 72.8 Å². The van der Waals surface area contributed by atoms with Crippen LogP contribution in [0, 0.1) is 13.8 Å². The third-order valence-corrected chi connectivity index (χ3v) is 6.16. The van der Waals surface area contributed by atoms with Gasteiger partial charge in [0, 0.05) is 22.7 Å². The molecule has 5 aromatic carbocycles. The second kappa shape index (κ2) is 9.68. The first-order valence-corrected chi connectivity index (χ1v) is 11.6. The van der Waals surface area contributed by atoms with Gasteiger partial charge in [0.15, 0.2) is 0 Å². The first kappa shape index (κ1) is 21.5. The summed E-state index contributed by atoms with van der Waals surface area (Å²) in [5.41, 5.74) is 11.8. The van der Waals surface area contributed by atoms with Crippen LogP contribution < -0.4 is 10.6 Å². The van der Waals surface area contributed by atoms with Gasteiger partial charge in [-0.3, -0.25) is 0 Å². The Labute approximate surface area is 201 Å². The van der Waals surface area contributed by atoms with Crippen molar-refractivity contribution in [2.75, 3.05) is 10.6 Å². The van der Waals surface area contributed by atoms with Gasteiger partial charge in [0.2, 0.25) is 0 Å². The zero-order valence-electron chi connectivity index (χ0n) is 19.5. The maximum atomic E-state index is 3.55. The molecule has 0 heterocycles. The van der Waals surface area contributed by atoms with Gasteiger partial charge in [-0.25, -0.2) is 0 Å². The lowest BCUT2D eigenvalue weighted by Gasteiger charge is -2.16. The summed E-state index contributed by atoms with van der Waals surface area (Å²) in [5, 5.41) is 7.01. The number of anilines is 4. The summed E-state index contributed by atoms with van der Waals surface area (Å²) in [7, 11) is 0. The third kappa shape index (κ3) is 4.87. The van der Waals surface area contributed by atoms with Crippen LogP contribution in [0.4, 0.5) is 22.7 Å². The van der Waals surface area contributed by atoms with E-state index in [9.17, 15) is 0 Å². The summed E-state index contributed by atoms with van der Waals surface area (Å²) in [5.74, 6) is 0. The number of hydrogen-bond acceptors (Lipinski definition) is 2. The van der Waals surface area contributed by atoms with E-state index < -0.39 is 0 Å². The second-order valence-corrected chi connectivity index (χ2v) is 8.62. The normalized spacial score (nSPS) is 10.6. The van der Waals surface area contributed by atoms with E-state index in [4.69, 9.17) is 0 Å². The standard InChI is InChI=1S/C32H28N2/c1-23-13-14-26(21-24(23)2)32-22-30(34-28-11-7-4-8-12-28)19-20-31(32)25-15-17-29(18-16-25)33-27-9-5-3-6-10-27/h3-22,33-34H,1-2H3. The fourth-order valence-corrected chi connectivity index (χ4v) is 4.13. The Bertz CT molecular complexity index is 1390. The minimum absolute atomic E-state index is 1.07. The van der Waals surface area contributed by atoms with E-state index in [1.54, 1.807) is 0 Å². The highest BCUT2D eigenvalue weighted by Gasteiger charge is 2.11. The number of nitrogens with one attached hydrogen (secondary N) is 2. The first-order chi connectivity index (χ1) is 16.7. The summed E-state index contributed by atoms with van der Waals surface area (Å²) in [6, 6.07) is 42.6. The number of hydrogen-bond donors (Lipinski definition) is 2. The Balaban J connectivity index is 1.52. The molecule has 0 saturated heterocycles. The van der Waals surface area contributed by atoms with E-state index in [1.165, 1.54) is 33.4 Å². The molecule has 2 N–H and O–H groups in total. The molecule has 2 nitrogen and oxygen atoms in total. The minimum atomic E-state index is 1.07. The highest BCUT2D eigenvalue weighted by molar-refractivity contribution is 5.87. The maximum absolute atomic E-state index is 3.55. The van der Waals surface area contributed by atoms with Gasteiger partial charge in [0.05, 0.1) is 0 Å². The van der Waals surface area contributed by atoms with Crippen LogP contribution in [0.25, 0.3) is 22.3 Å². The fraction of sp³-hybridized carbons (Fsp3) is 0.0625. The van der Waals surface area contributed by atoms with Crippen molar-refractivity contribution in [3.63, 3.8) is 0 Å². The molecular formula is C32H28N2. The average Bonchev–Trinajstić information content (AvgIpc) is 2.87. The van der Waals surface area contributed by atoms with Crippen LogP contribution in [0.15, 0.2) is 121 Å². The van der Waals surface area contributed by atoms with Gasteiger partial charge in [0.1, 0.15) is 0 Å². The summed E-state index contributed by atoms with van der Waals surface area (Å²) in [6.45, 7) is 4.33. The first-order valence-electron chi connectivity index (χ1n) is 11.6. The van der Waals surface area contributed by atoms with Gasteiger partial charge < -0.3 is 10.6 Å². The Morgan fingerprint density at radius 1 is 0.382 bits per heavy atom. The van der Waals surface area contributed by atoms with Crippen LogP contribution in [0.1, 0.15) is 11.1 Å². The van der Waals surface area contributed by atoms with Gasteiger partial charge in [-0.15, -0.1) is 0 Å². The van der Waals surface area contributed by atoms with Crippen molar-refractivity contribution in [3.8, 4) is 22.3 Å². The molecule has 0 aliphatic heterocycles. The molecular weight excluding hydrogens is 412 g/mol. The molecule has 34 heavy (non-hydrogen) atoms. The second-order valence-electron chi connectivity index (χ2n) is 8.62. The SMILES string of the molecule is Cc1ccc(-c2cc(Nc3ccccc3)ccc2-c2ccc(Nc3ccccc3)cc2)cc1C. The Morgan fingerprint density at radius 2 is 0.912 bits per heavy atom. The van der Waals surface area contributed by atoms with Crippen molar-refractivity contribution < 1.29 is 0 Å². The highest BCUT2D eigenvalue weighted by Crippen LogP contribution is 2.36. The maximum Gasteiger partial charge on any atom is 0.0390 e. The van der Waals surface area contributed by atoms with Crippen molar-refractivity contribution in [3.05, 3.63) is 132 Å². The minimum Gasteiger partial charge on any atom is -0.356 e.